The third-order valence-corrected chi connectivity index (χ3v) is 4.42. The molecule has 0 fully saturated rings. The lowest BCUT2D eigenvalue weighted by Crippen LogP contribution is -2.35. The minimum Gasteiger partial charge on any atom is -0.479 e. The molecule has 1 amide bonds. The Balaban J connectivity index is 2.14. The molecule has 0 bridgehead atoms. The Kier molecular flexibility index (Phi) is 3.96. The number of thiophene rings is 1. The molecule has 0 unspecified atom stereocenters. The molecule has 20 heavy (non-hydrogen) atoms. The highest BCUT2D eigenvalue weighted by Gasteiger charge is 2.30. The first kappa shape index (κ1) is 14.7. The number of amides is 1. The second kappa shape index (κ2) is 5.37. The molecule has 2 N–H and O–H groups in total. The summed E-state index contributed by atoms with van der Waals surface area (Å²) in [5, 5.41) is 17.6. The molecule has 0 atom stereocenters. The largest absolute Gasteiger partial charge is 0.479 e. The van der Waals surface area contributed by atoms with E-state index in [0.29, 0.717) is 10.6 Å². The highest BCUT2D eigenvalue weighted by atomic mass is 79.9. The van der Waals surface area contributed by atoms with Gasteiger partial charge in [0.25, 0.3) is 5.91 Å². The fourth-order valence-corrected chi connectivity index (χ4v) is 2.74. The molecule has 0 saturated carbocycles. The Labute approximate surface area is 127 Å². The van der Waals surface area contributed by atoms with E-state index in [1.165, 1.54) is 42.3 Å². The van der Waals surface area contributed by atoms with Crippen LogP contribution < -0.4 is 5.32 Å². The number of hydrogen-bond donors (Lipinski definition) is 2. The first-order valence-corrected chi connectivity index (χ1v) is 7.32. The lowest BCUT2D eigenvalue weighted by Gasteiger charge is -2.19. The molecule has 0 saturated heterocycles. The summed E-state index contributed by atoms with van der Waals surface area (Å²) < 4.78 is 2.14. The molecule has 106 valence electrons. The Hall–Kier alpha value is -1.67. The highest BCUT2D eigenvalue weighted by molar-refractivity contribution is 9.10. The number of carbonyl (C=O) groups is 2. The third-order valence-electron chi connectivity index (χ3n) is 2.73. The summed E-state index contributed by atoms with van der Waals surface area (Å²) in [6, 6.07) is 1.71. The Bertz CT molecular complexity index is 662. The minimum absolute atomic E-state index is 0.256. The highest BCUT2D eigenvalue weighted by Crippen LogP contribution is 2.22. The van der Waals surface area contributed by atoms with E-state index < -0.39 is 11.5 Å². The molecule has 2 heterocycles. The van der Waals surface area contributed by atoms with Gasteiger partial charge in [0.15, 0.2) is 5.54 Å². The van der Waals surface area contributed by atoms with Gasteiger partial charge in [-0.3, -0.25) is 9.48 Å². The third kappa shape index (κ3) is 2.91. The number of rotatable bonds is 4. The Morgan fingerprint density at radius 3 is 2.75 bits per heavy atom. The molecular weight excluding hydrogens is 346 g/mol. The maximum Gasteiger partial charge on any atom is 0.331 e. The van der Waals surface area contributed by atoms with Crippen molar-refractivity contribution in [2.45, 2.75) is 19.4 Å². The fraction of sp³-hybridized carbons (Fsp3) is 0.250. The van der Waals surface area contributed by atoms with Gasteiger partial charge in [0.05, 0.1) is 16.8 Å². The summed E-state index contributed by atoms with van der Waals surface area (Å²) in [5.41, 5.74) is -0.719. The van der Waals surface area contributed by atoms with Crippen LogP contribution in [0.5, 0.6) is 0 Å². The minimum atomic E-state index is -1.17. The standard InChI is InChI=1S/C12H12BrN3O3S/c1-12(2,11(18)19)16-5-8(4-14-16)15-10(17)9-3-7(13)6-20-9/h3-6H,1-2H3,(H,15,17)(H,18,19). The number of hydrogen-bond acceptors (Lipinski definition) is 4. The number of carbonyl (C=O) groups excluding carboxylic acids is 1. The number of halogens is 1. The first-order valence-electron chi connectivity index (χ1n) is 5.64. The van der Waals surface area contributed by atoms with E-state index in [2.05, 4.69) is 26.3 Å². The SMILES string of the molecule is CC(C)(C(=O)O)n1cc(NC(=O)c2cc(Br)cs2)cn1. The van der Waals surface area contributed by atoms with Crippen LogP contribution in [-0.4, -0.2) is 26.8 Å². The summed E-state index contributed by atoms with van der Waals surface area (Å²) >= 11 is 4.59. The quantitative estimate of drug-likeness (QED) is 0.880. The zero-order valence-electron chi connectivity index (χ0n) is 10.8. The van der Waals surface area contributed by atoms with Crippen molar-refractivity contribution < 1.29 is 14.7 Å². The van der Waals surface area contributed by atoms with Crippen molar-refractivity contribution in [1.82, 2.24) is 9.78 Å². The number of carboxylic acid groups (broad SMARTS) is 1. The number of anilines is 1. The van der Waals surface area contributed by atoms with Crippen molar-refractivity contribution in [2.75, 3.05) is 5.32 Å². The van der Waals surface area contributed by atoms with Crippen LogP contribution in [0.4, 0.5) is 5.69 Å². The smallest absolute Gasteiger partial charge is 0.331 e. The van der Waals surface area contributed by atoms with E-state index in [1.54, 1.807) is 6.07 Å². The fourth-order valence-electron chi connectivity index (χ4n) is 1.42. The number of carboxylic acids is 1. The molecule has 2 aromatic rings. The van der Waals surface area contributed by atoms with Gasteiger partial charge in [-0.05, 0) is 35.8 Å². The first-order chi connectivity index (χ1) is 9.30. The van der Waals surface area contributed by atoms with Crippen molar-refractivity contribution in [3.63, 3.8) is 0 Å². The topological polar surface area (TPSA) is 84.2 Å². The summed E-state index contributed by atoms with van der Waals surface area (Å²) in [6.07, 6.45) is 2.92. The summed E-state index contributed by atoms with van der Waals surface area (Å²) in [6.45, 7) is 3.06. The van der Waals surface area contributed by atoms with E-state index in [-0.39, 0.29) is 5.91 Å². The van der Waals surface area contributed by atoms with Crippen LogP contribution in [0.25, 0.3) is 0 Å². The summed E-state index contributed by atoms with van der Waals surface area (Å²) in [7, 11) is 0. The van der Waals surface area contributed by atoms with Gasteiger partial charge in [-0.15, -0.1) is 11.3 Å². The molecule has 6 nitrogen and oxygen atoms in total. The van der Waals surface area contributed by atoms with Crippen molar-refractivity contribution in [3.05, 3.63) is 33.2 Å². The molecule has 0 aliphatic carbocycles. The van der Waals surface area contributed by atoms with Crippen LogP contribution >= 0.6 is 27.3 Å². The molecule has 0 aliphatic heterocycles. The van der Waals surface area contributed by atoms with Crippen LogP contribution in [-0.2, 0) is 10.3 Å². The van der Waals surface area contributed by atoms with Crippen LogP contribution in [0.2, 0.25) is 0 Å². The molecule has 0 radical (unpaired) electrons. The summed E-state index contributed by atoms with van der Waals surface area (Å²) in [4.78, 5) is 23.6. The predicted molar refractivity (Wildman–Crippen MR) is 79.2 cm³/mol. The van der Waals surface area contributed by atoms with E-state index in [4.69, 9.17) is 5.11 Å². The molecule has 0 aliphatic rings. The lowest BCUT2D eigenvalue weighted by atomic mass is 10.1. The normalized spacial score (nSPS) is 11.3. The number of aliphatic carboxylic acids is 1. The van der Waals surface area contributed by atoms with E-state index in [0.717, 1.165) is 4.47 Å². The predicted octanol–water partition coefficient (Wildman–Crippen LogP) is 2.78. The maximum atomic E-state index is 11.9. The Morgan fingerprint density at radius 1 is 1.50 bits per heavy atom. The van der Waals surface area contributed by atoms with Crippen LogP contribution in [0.3, 0.4) is 0 Å². The van der Waals surface area contributed by atoms with Gasteiger partial charge in [-0.1, -0.05) is 0 Å². The van der Waals surface area contributed by atoms with Crippen molar-refractivity contribution in [2.24, 2.45) is 0 Å². The van der Waals surface area contributed by atoms with Crippen LogP contribution in [0.1, 0.15) is 23.5 Å². The molecular formula is C12H12BrN3O3S. The average Bonchev–Trinajstić information content (AvgIpc) is 2.98. The molecule has 8 heteroatoms. The maximum absolute atomic E-state index is 11.9. The second-order valence-electron chi connectivity index (χ2n) is 4.62. The van der Waals surface area contributed by atoms with Crippen LogP contribution in [0, 0.1) is 0 Å². The Morgan fingerprint density at radius 2 is 2.20 bits per heavy atom. The zero-order chi connectivity index (χ0) is 14.9. The van der Waals surface area contributed by atoms with E-state index in [1.807, 2.05) is 5.38 Å². The molecule has 2 rings (SSSR count). The molecule has 0 spiro atoms. The van der Waals surface area contributed by atoms with Gasteiger partial charge in [0.1, 0.15) is 0 Å². The van der Waals surface area contributed by atoms with Gasteiger partial charge >= 0.3 is 5.97 Å². The van der Waals surface area contributed by atoms with Crippen molar-refractivity contribution in [1.29, 1.82) is 0 Å². The van der Waals surface area contributed by atoms with Crippen LogP contribution in [0.15, 0.2) is 28.3 Å². The lowest BCUT2D eigenvalue weighted by molar-refractivity contribution is -0.146. The van der Waals surface area contributed by atoms with Gasteiger partial charge < -0.3 is 10.4 Å². The van der Waals surface area contributed by atoms with Gasteiger partial charge in [0, 0.05) is 16.0 Å². The summed E-state index contributed by atoms with van der Waals surface area (Å²) in [5.74, 6) is -1.26. The monoisotopic (exact) mass is 357 g/mol. The van der Waals surface area contributed by atoms with Gasteiger partial charge in [-0.25, -0.2) is 4.79 Å². The zero-order valence-corrected chi connectivity index (χ0v) is 13.2. The van der Waals surface area contributed by atoms with Crippen molar-refractivity contribution in [3.8, 4) is 0 Å². The number of aromatic nitrogens is 2. The average molecular weight is 358 g/mol. The molecule has 2 aromatic heterocycles. The second-order valence-corrected chi connectivity index (χ2v) is 6.45. The number of nitrogens with one attached hydrogen (secondary N) is 1. The van der Waals surface area contributed by atoms with Gasteiger partial charge in [0.2, 0.25) is 0 Å². The van der Waals surface area contributed by atoms with Crippen molar-refractivity contribution >= 4 is 44.8 Å². The number of nitrogens with zero attached hydrogens (tertiary/aromatic N) is 2. The van der Waals surface area contributed by atoms with E-state index in [9.17, 15) is 9.59 Å². The van der Waals surface area contributed by atoms with E-state index >= 15 is 0 Å². The van der Waals surface area contributed by atoms with Gasteiger partial charge in [-0.2, -0.15) is 5.10 Å². The molecule has 0 aromatic carbocycles.